The lowest BCUT2D eigenvalue weighted by Crippen LogP contribution is -2.06. The normalized spacial score (nSPS) is 14.9. The molecule has 0 bridgehead atoms. The van der Waals surface area contributed by atoms with Crippen LogP contribution in [0, 0.1) is 0 Å². The van der Waals surface area contributed by atoms with Crippen LogP contribution in [0.2, 0.25) is 0 Å². The van der Waals surface area contributed by atoms with Gasteiger partial charge in [-0.15, -0.1) is 0 Å². The van der Waals surface area contributed by atoms with Crippen molar-refractivity contribution < 1.29 is 33.2 Å². The van der Waals surface area contributed by atoms with Crippen LogP contribution in [0.25, 0.3) is 11.8 Å². The number of esters is 1. The fourth-order valence-corrected chi connectivity index (χ4v) is 3.50. The number of carbonyl (C=O) groups excluding carboxylic acids is 1. The van der Waals surface area contributed by atoms with Crippen molar-refractivity contribution in [1.29, 1.82) is 0 Å². The van der Waals surface area contributed by atoms with E-state index in [0.29, 0.717) is 40.2 Å². The fraction of sp³-hybridized carbons (Fsp3) is 0.273. The standard InChI is InChI=1S/C22H21NO7/c1-25-16-6-5-14-15(23-22(28-4)20(14)21(16)27-3)7-12-8-17-18(30-11-29-17)9-13(12)10-19(24)26-2/h5-9H,10-11H2,1-4H3/b15-7-. The molecule has 0 saturated heterocycles. The van der Waals surface area contributed by atoms with E-state index in [2.05, 4.69) is 4.99 Å². The van der Waals surface area contributed by atoms with Gasteiger partial charge in [0.25, 0.3) is 0 Å². The van der Waals surface area contributed by atoms with Gasteiger partial charge in [-0.2, -0.15) is 0 Å². The van der Waals surface area contributed by atoms with Gasteiger partial charge < -0.3 is 28.4 Å². The van der Waals surface area contributed by atoms with Crippen molar-refractivity contribution in [3.8, 4) is 23.0 Å². The lowest BCUT2D eigenvalue weighted by molar-refractivity contribution is -0.139. The Morgan fingerprint density at radius 2 is 1.83 bits per heavy atom. The molecule has 0 fully saturated rings. The zero-order valence-electron chi connectivity index (χ0n) is 17.1. The van der Waals surface area contributed by atoms with E-state index in [9.17, 15) is 4.79 Å². The van der Waals surface area contributed by atoms with Crippen molar-refractivity contribution in [2.45, 2.75) is 6.42 Å². The van der Waals surface area contributed by atoms with Gasteiger partial charge in [0.05, 0.1) is 46.1 Å². The van der Waals surface area contributed by atoms with Crippen LogP contribution < -0.4 is 18.9 Å². The molecule has 0 spiro atoms. The van der Waals surface area contributed by atoms with Crippen LogP contribution in [-0.2, 0) is 20.7 Å². The number of aliphatic imine (C=N–C) groups is 1. The number of benzene rings is 2. The minimum Gasteiger partial charge on any atom is -0.493 e. The van der Waals surface area contributed by atoms with Gasteiger partial charge in [0.1, 0.15) is 0 Å². The van der Waals surface area contributed by atoms with Crippen LogP contribution >= 0.6 is 0 Å². The van der Waals surface area contributed by atoms with E-state index in [1.165, 1.54) is 7.11 Å². The number of carbonyl (C=O) groups is 1. The predicted molar refractivity (Wildman–Crippen MR) is 109 cm³/mol. The molecular formula is C22H21NO7. The lowest BCUT2D eigenvalue weighted by Gasteiger charge is -2.13. The molecular weight excluding hydrogens is 390 g/mol. The molecule has 0 saturated carbocycles. The average Bonchev–Trinajstić information content (AvgIpc) is 3.36. The molecule has 4 rings (SSSR count). The summed E-state index contributed by atoms with van der Waals surface area (Å²) >= 11 is 0. The second-order valence-corrected chi connectivity index (χ2v) is 6.53. The van der Waals surface area contributed by atoms with Gasteiger partial charge in [-0.3, -0.25) is 4.79 Å². The minimum atomic E-state index is -0.354. The largest absolute Gasteiger partial charge is 0.493 e. The molecule has 0 atom stereocenters. The number of hydrogen-bond acceptors (Lipinski definition) is 8. The summed E-state index contributed by atoms with van der Waals surface area (Å²) < 4.78 is 32.2. The first-order valence-electron chi connectivity index (χ1n) is 9.19. The van der Waals surface area contributed by atoms with E-state index in [-0.39, 0.29) is 19.2 Å². The number of nitrogens with zero attached hydrogens (tertiary/aromatic N) is 1. The number of hydrogen-bond donors (Lipinski definition) is 0. The average molecular weight is 411 g/mol. The molecule has 30 heavy (non-hydrogen) atoms. The molecule has 0 aromatic heterocycles. The Hall–Kier alpha value is -3.68. The Kier molecular flexibility index (Phi) is 5.22. The van der Waals surface area contributed by atoms with Crippen LogP contribution in [0.3, 0.4) is 0 Å². The molecule has 8 nitrogen and oxygen atoms in total. The van der Waals surface area contributed by atoms with E-state index >= 15 is 0 Å². The number of fused-ring (bicyclic) bond motifs is 2. The molecule has 156 valence electrons. The monoisotopic (exact) mass is 411 g/mol. The molecule has 0 radical (unpaired) electrons. The molecule has 0 amide bonds. The van der Waals surface area contributed by atoms with Gasteiger partial charge in [0.15, 0.2) is 23.0 Å². The Morgan fingerprint density at radius 1 is 1.07 bits per heavy atom. The van der Waals surface area contributed by atoms with Crippen LogP contribution in [0.1, 0.15) is 22.3 Å². The molecule has 8 heteroatoms. The summed E-state index contributed by atoms with van der Waals surface area (Å²) in [7, 11) is 6.05. The Morgan fingerprint density at radius 3 is 2.50 bits per heavy atom. The highest BCUT2D eigenvalue weighted by atomic mass is 16.7. The summed E-state index contributed by atoms with van der Waals surface area (Å²) in [5.74, 6) is 2.39. The molecule has 2 aromatic carbocycles. The van der Waals surface area contributed by atoms with E-state index in [4.69, 9.17) is 28.4 Å². The maximum Gasteiger partial charge on any atom is 0.310 e. The summed E-state index contributed by atoms with van der Waals surface area (Å²) in [5, 5.41) is 0. The Labute approximate surface area is 173 Å². The highest BCUT2D eigenvalue weighted by Crippen LogP contribution is 2.43. The Bertz CT molecular complexity index is 1070. The van der Waals surface area contributed by atoms with Gasteiger partial charge in [-0.1, -0.05) is 0 Å². The van der Waals surface area contributed by atoms with Gasteiger partial charge in [0, 0.05) is 5.56 Å². The summed E-state index contributed by atoms with van der Waals surface area (Å²) in [5.41, 5.74) is 3.70. The van der Waals surface area contributed by atoms with Gasteiger partial charge >= 0.3 is 5.97 Å². The molecule has 2 aliphatic rings. The summed E-state index contributed by atoms with van der Waals surface area (Å²) in [6.07, 6.45) is 1.96. The van der Waals surface area contributed by atoms with Crippen molar-refractivity contribution in [1.82, 2.24) is 0 Å². The van der Waals surface area contributed by atoms with Crippen LogP contribution in [0.4, 0.5) is 0 Å². The second-order valence-electron chi connectivity index (χ2n) is 6.53. The smallest absolute Gasteiger partial charge is 0.310 e. The molecule has 2 aromatic rings. The van der Waals surface area contributed by atoms with Crippen molar-refractivity contribution in [2.75, 3.05) is 35.2 Å². The molecule has 2 heterocycles. The van der Waals surface area contributed by atoms with Crippen LogP contribution in [-0.4, -0.2) is 47.1 Å². The third kappa shape index (κ3) is 3.30. The van der Waals surface area contributed by atoms with Crippen LogP contribution in [0.15, 0.2) is 29.3 Å². The molecule has 0 unspecified atom stereocenters. The SMILES string of the molecule is COC(=O)Cc1cc2c(cc1/C=C1\N=C(OC)c3c1ccc(OC)c3OC)OCO2. The first-order valence-corrected chi connectivity index (χ1v) is 9.19. The fourth-order valence-electron chi connectivity index (χ4n) is 3.50. The number of methoxy groups -OCH3 is 4. The molecule has 2 aliphatic heterocycles. The first kappa shape index (κ1) is 19.6. The van der Waals surface area contributed by atoms with Crippen molar-refractivity contribution in [2.24, 2.45) is 4.99 Å². The maximum atomic E-state index is 11.9. The van der Waals surface area contributed by atoms with Crippen molar-refractivity contribution >= 4 is 23.6 Å². The van der Waals surface area contributed by atoms with E-state index in [0.717, 1.165) is 16.7 Å². The van der Waals surface area contributed by atoms with Gasteiger partial charge in [-0.25, -0.2) is 4.99 Å². The highest BCUT2D eigenvalue weighted by Gasteiger charge is 2.28. The maximum absolute atomic E-state index is 11.9. The van der Waals surface area contributed by atoms with Gasteiger partial charge in [0.2, 0.25) is 12.7 Å². The Balaban J connectivity index is 1.86. The van der Waals surface area contributed by atoms with E-state index in [1.54, 1.807) is 27.4 Å². The molecule has 0 N–H and O–H groups in total. The van der Waals surface area contributed by atoms with Gasteiger partial charge in [-0.05, 0) is 41.5 Å². The van der Waals surface area contributed by atoms with E-state index in [1.807, 2.05) is 24.3 Å². The minimum absolute atomic E-state index is 0.0892. The quantitative estimate of drug-likeness (QED) is 0.699. The predicted octanol–water partition coefficient (Wildman–Crippen LogP) is 3.05. The zero-order valence-corrected chi connectivity index (χ0v) is 17.1. The summed E-state index contributed by atoms with van der Waals surface area (Å²) in [4.78, 5) is 16.5. The summed E-state index contributed by atoms with van der Waals surface area (Å²) in [6, 6.07) is 7.32. The molecule has 0 aliphatic carbocycles. The zero-order chi connectivity index (χ0) is 21.3. The van der Waals surface area contributed by atoms with E-state index < -0.39 is 0 Å². The number of ether oxygens (including phenoxy) is 6. The second kappa shape index (κ2) is 7.98. The topological polar surface area (TPSA) is 84.8 Å². The van der Waals surface area contributed by atoms with Crippen molar-refractivity contribution in [3.05, 3.63) is 46.5 Å². The number of rotatable bonds is 5. The first-order chi connectivity index (χ1) is 14.6. The summed E-state index contributed by atoms with van der Waals surface area (Å²) in [6.45, 7) is 0.138. The van der Waals surface area contributed by atoms with Crippen molar-refractivity contribution in [3.63, 3.8) is 0 Å². The third-order valence-corrected chi connectivity index (χ3v) is 4.94. The highest BCUT2D eigenvalue weighted by molar-refractivity contribution is 6.11. The third-order valence-electron chi connectivity index (χ3n) is 4.94. The van der Waals surface area contributed by atoms with Crippen LogP contribution in [0.5, 0.6) is 23.0 Å². The lowest BCUT2D eigenvalue weighted by atomic mass is 9.99.